The van der Waals surface area contributed by atoms with Crippen LogP contribution in [0.4, 0.5) is 8.78 Å². The van der Waals surface area contributed by atoms with Crippen molar-refractivity contribution >= 4 is 43.6 Å². The van der Waals surface area contributed by atoms with E-state index in [2.05, 4.69) is 39.5 Å². The molecule has 4 heterocycles. The normalized spacial score (nSPS) is 11.4. The van der Waals surface area contributed by atoms with E-state index in [-0.39, 0.29) is 16.7 Å². The summed E-state index contributed by atoms with van der Waals surface area (Å²) in [7, 11) is 0. The Morgan fingerprint density at radius 3 is 1.03 bits per heavy atom. The minimum atomic E-state index is -0.785. The summed E-state index contributed by atoms with van der Waals surface area (Å²) < 4.78 is 36.5. The van der Waals surface area contributed by atoms with E-state index in [1.165, 1.54) is 18.2 Å². The molecule has 0 aliphatic rings. The lowest BCUT2D eigenvalue weighted by molar-refractivity contribution is 0.589. The highest BCUT2D eigenvalue weighted by Gasteiger charge is 2.26. The molecular formula is C67H39F2N9. The summed E-state index contributed by atoms with van der Waals surface area (Å²) >= 11 is 0. The molecule has 11 heteroatoms. The van der Waals surface area contributed by atoms with Crippen molar-refractivity contribution in [2.45, 2.75) is 0 Å². The molecular weight excluding hydrogens is 969 g/mol. The average Bonchev–Trinajstić information content (AvgIpc) is 4.22. The van der Waals surface area contributed by atoms with Gasteiger partial charge in [-0.05, 0) is 72.8 Å². The van der Waals surface area contributed by atoms with E-state index in [1.807, 2.05) is 182 Å². The summed E-state index contributed by atoms with van der Waals surface area (Å²) in [4.78, 5) is 30.1. The Morgan fingerprint density at radius 2 is 0.641 bits per heavy atom. The molecule has 0 atom stereocenters. The van der Waals surface area contributed by atoms with Gasteiger partial charge < -0.3 is 9.13 Å². The van der Waals surface area contributed by atoms with Gasteiger partial charge in [-0.2, -0.15) is 5.26 Å². The van der Waals surface area contributed by atoms with Crippen molar-refractivity contribution in [3.63, 3.8) is 0 Å². The van der Waals surface area contributed by atoms with Crippen molar-refractivity contribution in [3.8, 4) is 96.9 Å². The smallest absolute Gasteiger partial charge is 0.164 e. The van der Waals surface area contributed by atoms with Crippen LogP contribution in [0.1, 0.15) is 5.56 Å². The van der Waals surface area contributed by atoms with Crippen molar-refractivity contribution in [2.75, 3.05) is 0 Å². The van der Waals surface area contributed by atoms with Crippen LogP contribution in [-0.2, 0) is 0 Å². The molecule has 4 aromatic heterocycles. The van der Waals surface area contributed by atoms with Crippen LogP contribution in [0.2, 0.25) is 0 Å². The third kappa shape index (κ3) is 7.83. The molecule has 0 N–H and O–H groups in total. The van der Waals surface area contributed by atoms with E-state index in [1.54, 1.807) is 12.1 Å². The summed E-state index contributed by atoms with van der Waals surface area (Å²) in [5.74, 6) is 1.59. The lowest BCUT2D eigenvalue weighted by atomic mass is 9.97. The molecule has 14 aromatic rings. The predicted molar refractivity (Wildman–Crippen MR) is 305 cm³/mol. The fourth-order valence-corrected chi connectivity index (χ4v) is 10.6. The highest BCUT2D eigenvalue weighted by atomic mass is 19.1. The van der Waals surface area contributed by atoms with E-state index in [0.29, 0.717) is 46.3 Å². The van der Waals surface area contributed by atoms with E-state index < -0.39 is 11.6 Å². The Hall–Kier alpha value is -10.8. The number of hydrogen-bond donors (Lipinski definition) is 0. The lowest BCUT2D eigenvalue weighted by Gasteiger charge is -2.20. The Bertz CT molecular complexity index is 4570. The molecule has 0 aliphatic heterocycles. The van der Waals surface area contributed by atoms with Gasteiger partial charge in [0.2, 0.25) is 0 Å². The monoisotopic (exact) mass is 1010 g/mol. The van der Waals surface area contributed by atoms with Crippen molar-refractivity contribution < 1.29 is 8.78 Å². The first-order valence-electron chi connectivity index (χ1n) is 25.3. The first-order valence-corrected chi connectivity index (χ1v) is 25.3. The van der Waals surface area contributed by atoms with Gasteiger partial charge >= 0.3 is 0 Å². The predicted octanol–water partition coefficient (Wildman–Crippen LogP) is 16.1. The minimum Gasteiger partial charge on any atom is -0.307 e. The van der Waals surface area contributed by atoms with Crippen molar-refractivity contribution in [1.29, 1.82) is 5.26 Å². The SMILES string of the molecule is N#Cc1cc(-n2c3ccccc3c3cc(-c4nc(-c5ccccc5)nc(-c5ccccc5)n4)ccc32)c(-n2c3ccccc3c3cc(-c4nc(-c5ccccc5)nc(-c5ccccc5)n4)ccc32)cc1-c1c(F)cccc1F. The maximum Gasteiger partial charge on any atom is 0.164 e. The average molecular weight is 1010 g/mol. The quantitative estimate of drug-likeness (QED) is 0.142. The summed E-state index contributed by atoms with van der Waals surface area (Å²) in [6.45, 7) is 0. The van der Waals surface area contributed by atoms with Gasteiger partial charge in [-0.3, -0.25) is 0 Å². The number of para-hydroxylation sites is 2. The largest absolute Gasteiger partial charge is 0.307 e. The maximum absolute atomic E-state index is 16.1. The second-order valence-electron chi connectivity index (χ2n) is 18.8. The van der Waals surface area contributed by atoms with E-state index in [9.17, 15) is 5.26 Å². The first kappa shape index (κ1) is 45.8. The van der Waals surface area contributed by atoms with E-state index in [0.717, 1.165) is 77.0 Å². The Kier molecular flexibility index (Phi) is 11.0. The van der Waals surface area contributed by atoms with Crippen LogP contribution in [0, 0.1) is 23.0 Å². The topological polar surface area (TPSA) is 111 Å². The summed E-state index contributed by atoms with van der Waals surface area (Å²) in [5, 5.41) is 14.6. The fraction of sp³-hybridized carbons (Fsp3) is 0. The zero-order chi connectivity index (χ0) is 52.3. The molecule has 14 rings (SSSR count). The standard InChI is InChI=1S/C67H39F2N9/c68-53-28-17-29-54(69)61(53)50-39-60(78-56-31-16-14-27-49(56)52-37-46(33-35-58(52)78)67-75-64(43-22-9-3-10-23-43)72-65(76-67)44-24-11-4-12-25-44)59(38-47(50)40-70)77-55-30-15-13-26-48(55)51-36-45(32-34-57(51)77)66-73-62(41-18-5-1-6-19-41)71-63(74-66)42-20-7-2-8-21-42/h1-39H. The Labute approximate surface area is 445 Å². The minimum absolute atomic E-state index is 0.0914. The van der Waals surface area contributed by atoms with Gasteiger partial charge in [0.25, 0.3) is 0 Å². The van der Waals surface area contributed by atoms with Gasteiger partial charge in [0, 0.05) is 60.5 Å². The zero-order valence-corrected chi connectivity index (χ0v) is 41.3. The summed E-state index contributed by atoms with van der Waals surface area (Å²) in [5.41, 5.74) is 9.33. The van der Waals surface area contributed by atoms with Crippen LogP contribution in [0.15, 0.2) is 237 Å². The van der Waals surface area contributed by atoms with Gasteiger partial charge in [-0.25, -0.2) is 38.7 Å². The third-order valence-corrected chi connectivity index (χ3v) is 14.2. The molecule has 0 saturated carbocycles. The summed E-state index contributed by atoms with van der Waals surface area (Å²) in [6.07, 6.45) is 0. The van der Waals surface area contributed by atoms with Crippen molar-refractivity contribution in [2.24, 2.45) is 0 Å². The van der Waals surface area contributed by atoms with Gasteiger partial charge in [0.1, 0.15) is 11.6 Å². The molecule has 0 unspecified atom stereocenters. The summed E-state index contributed by atoms with van der Waals surface area (Å²) in [6, 6.07) is 77.4. The third-order valence-electron chi connectivity index (χ3n) is 14.2. The first-order chi connectivity index (χ1) is 38.5. The van der Waals surface area contributed by atoms with Crippen LogP contribution in [-0.4, -0.2) is 39.0 Å². The van der Waals surface area contributed by atoms with Crippen LogP contribution in [0.25, 0.3) is 134 Å². The number of nitriles is 1. The number of benzene rings is 10. The van der Waals surface area contributed by atoms with Crippen molar-refractivity contribution in [1.82, 2.24) is 39.0 Å². The molecule has 0 radical (unpaired) electrons. The van der Waals surface area contributed by atoms with Crippen LogP contribution in [0.3, 0.4) is 0 Å². The van der Waals surface area contributed by atoms with E-state index in [4.69, 9.17) is 29.9 Å². The molecule has 0 amide bonds. The molecule has 0 spiro atoms. The number of nitrogens with zero attached hydrogens (tertiary/aromatic N) is 9. The van der Waals surface area contributed by atoms with Gasteiger partial charge in [-0.15, -0.1) is 0 Å². The molecule has 78 heavy (non-hydrogen) atoms. The highest BCUT2D eigenvalue weighted by Crippen LogP contribution is 2.43. The molecule has 9 nitrogen and oxygen atoms in total. The second kappa shape index (κ2) is 18.8. The lowest BCUT2D eigenvalue weighted by Crippen LogP contribution is -2.06. The van der Waals surface area contributed by atoms with Crippen LogP contribution >= 0.6 is 0 Å². The fourth-order valence-electron chi connectivity index (χ4n) is 10.6. The maximum atomic E-state index is 16.1. The van der Waals surface area contributed by atoms with Gasteiger partial charge in [0.05, 0.1) is 50.6 Å². The van der Waals surface area contributed by atoms with Crippen LogP contribution in [0.5, 0.6) is 0 Å². The number of hydrogen-bond acceptors (Lipinski definition) is 7. The molecule has 0 saturated heterocycles. The molecule has 0 fully saturated rings. The number of rotatable bonds is 9. The number of fused-ring (bicyclic) bond motifs is 6. The molecule has 0 aliphatic carbocycles. The second-order valence-corrected chi connectivity index (χ2v) is 18.8. The highest BCUT2D eigenvalue weighted by molar-refractivity contribution is 6.13. The number of aromatic nitrogens is 8. The van der Waals surface area contributed by atoms with E-state index >= 15 is 8.78 Å². The van der Waals surface area contributed by atoms with Crippen molar-refractivity contribution in [3.05, 3.63) is 254 Å². The Balaban J connectivity index is 1.01. The van der Waals surface area contributed by atoms with Crippen LogP contribution < -0.4 is 0 Å². The molecule has 366 valence electrons. The van der Waals surface area contributed by atoms with Gasteiger partial charge in [-0.1, -0.05) is 164 Å². The molecule has 10 aromatic carbocycles. The number of halogens is 2. The zero-order valence-electron chi connectivity index (χ0n) is 41.3. The Morgan fingerprint density at radius 1 is 0.308 bits per heavy atom. The van der Waals surface area contributed by atoms with Gasteiger partial charge in [0.15, 0.2) is 34.9 Å². The molecule has 0 bridgehead atoms.